The van der Waals surface area contributed by atoms with E-state index in [1.807, 2.05) is 0 Å². The third-order valence-corrected chi connectivity index (χ3v) is 5.02. The fourth-order valence-electron chi connectivity index (χ4n) is 2.73. The fourth-order valence-corrected chi connectivity index (χ4v) is 3.76. The summed E-state index contributed by atoms with van der Waals surface area (Å²) in [6.07, 6.45) is 1.87. The Hall–Kier alpha value is -0.790. The Morgan fingerprint density at radius 1 is 1.29 bits per heavy atom. The highest BCUT2D eigenvalue weighted by Gasteiger charge is 2.34. The van der Waals surface area contributed by atoms with Crippen LogP contribution in [-0.2, 0) is 14.3 Å². The number of hydrogen-bond acceptors (Lipinski definition) is 6. The number of rotatable bonds is 4. The molecule has 0 radical (unpaired) electrons. The molecule has 0 aromatic rings. The maximum absolute atomic E-state index is 12.5. The zero-order valence-electron chi connectivity index (χ0n) is 12.6. The molecule has 2 saturated heterocycles. The monoisotopic (exact) mass is 315 g/mol. The molecular formula is C14H25N3O3S. The lowest BCUT2D eigenvalue weighted by molar-refractivity contribution is -0.154. The van der Waals surface area contributed by atoms with Gasteiger partial charge in [-0.1, -0.05) is 0 Å². The predicted molar refractivity (Wildman–Crippen MR) is 83.1 cm³/mol. The Bertz CT molecular complexity index is 372. The maximum atomic E-state index is 12.5. The van der Waals surface area contributed by atoms with Crippen LogP contribution in [0.25, 0.3) is 0 Å². The second-order valence-corrected chi connectivity index (χ2v) is 6.69. The highest BCUT2D eigenvalue weighted by Crippen LogP contribution is 2.19. The van der Waals surface area contributed by atoms with Crippen LogP contribution >= 0.6 is 11.8 Å². The van der Waals surface area contributed by atoms with Crippen LogP contribution in [0.4, 0.5) is 0 Å². The Labute approximate surface area is 130 Å². The van der Waals surface area contributed by atoms with Gasteiger partial charge in [-0.25, -0.2) is 4.79 Å². The first kappa shape index (κ1) is 16.6. The second kappa shape index (κ2) is 8.00. The molecule has 2 fully saturated rings. The van der Waals surface area contributed by atoms with E-state index in [-0.39, 0.29) is 17.9 Å². The van der Waals surface area contributed by atoms with E-state index in [0.29, 0.717) is 25.4 Å². The molecule has 2 aliphatic rings. The summed E-state index contributed by atoms with van der Waals surface area (Å²) in [5.74, 6) is 1.27. The van der Waals surface area contributed by atoms with Gasteiger partial charge in [0.15, 0.2) is 0 Å². The van der Waals surface area contributed by atoms with E-state index < -0.39 is 6.04 Å². The van der Waals surface area contributed by atoms with Gasteiger partial charge in [-0.05, 0) is 19.8 Å². The number of thioether (sulfide) groups is 1. The van der Waals surface area contributed by atoms with Crippen molar-refractivity contribution in [2.75, 3.05) is 44.3 Å². The molecule has 0 aromatic heterocycles. The first-order valence-corrected chi connectivity index (χ1v) is 8.79. The van der Waals surface area contributed by atoms with E-state index in [2.05, 4.69) is 4.90 Å². The normalized spacial score (nSPS) is 24.9. The highest BCUT2D eigenvalue weighted by molar-refractivity contribution is 7.99. The second-order valence-electron chi connectivity index (χ2n) is 5.54. The number of hydrogen-bond donors (Lipinski definition) is 1. The molecular weight excluding hydrogens is 290 g/mol. The van der Waals surface area contributed by atoms with Crippen molar-refractivity contribution < 1.29 is 14.3 Å². The first-order valence-electron chi connectivity index (χ1n) is 7.63. The number of amides is 1. The molecule has 0 aliphatic carbocycles. The molecule has 2 aliphatic heterocycles. The van der Waals surface area contributed by atoms with Crippen LogP contribution in [-0.4, -0.2) is 78.1 Å². The molecule has 2 N–H and O–H groups in total. The molecule has 0 saturated carbocycles. The largest absolute Gasteiger partial charge is 0.464 e. The minimum absolute atomic E-state index is 0.0313. The average Bonchev–Trinajstić information content (AvgIpc) is 2.50. The van der Waals surface area contributed by atoms with Gasteiger partial charge >= 0.3 is 5.97 Å². The van der Waals surface area contributed by atoms with Gasteiger partial charge in [0.2, 0.25) is 5.91 Å². The van der Waals surface area contributed by atoms with Gasteiger partial charge < -0.3 is 15.4 Å². The Morgan fingerprint density at radius 3 is 2.67 bits per heavy atom. The number of ether oxygens (including phenoxy) is 1. The van der Waals surface area contributed by atoms with Crippen LogP contribution in [0, 0.1) is 0 Å². The molecule has 1 unspecified atom stereocenters. The number of carbonyl (C=O) groups is 2. The van der Waals surface area contributed by atoms with Crippen molar-refractivity contribution in [1.29, 1.82) is 0 Å². The molecule has 21 heavy (non-hydrogen) atoms. The van der Waals surface area contributed by atoms with Gasteiger partial charge in [-0.2, -0.15) is 11.8 Å². The number of esters is 1. The van der Waals surface area contributed by atoms with Gasteiger partial charge in [0.05, 0.1) is 13.2 Å². The van der Waals surface area contributed by atoms with Gasteiger partial charge in [0.1, 0.15) is 6.04 Å². The highest BCUT2D eigenvalue weighted by atomic mass is 32.2. The van der Waals surface area contributed by atoms with E-state index in [0.717, 1.165) is 31.7 Å². The fraction of sp³-hybridized carbons (Fsp3) is 0.857. The van der Waals surface area contributed by atoms with Crippen molar-refractivity contribution in [3.63, 3.8) is 0 Å². The SMILES string of the molecule is CCOC(=O)C1CSCCN1C(=O)CN1CCC(N)CC1. The zero-order chi connectivity index (χ0) is 15.2. The van der Waals surface area contributed by atoms with Gasteiger partial charge in [-0.15, -0.1) is 0 Å². The molecule has 7 heteroatoms. The van der Waals surface area contributed by atoms with E-state index in [1.165, 1.54) is 0 Å². The minimum atomic E-state index is -0.428. The van der Waals surface area contributed by atoms with Crippen LogP contribution in [0.1, 0.15) is 19.8 Å². The predicted octanol–water partition coefficient (Wildman–Crippen LogP) is -0.0834. The van der Waals surface area contributed by atoms with E-state index >= 15 is 0 Å². The van der Waals surface area contributed by atoms with Crippen LogP contribution in [0.15, 0.2) is 0 Å². The van der Waals surface area contributed by atoms with E-state index in [4.69, 9.17) is 10.5 Å². The number of nitrogens with zero attached hydrogens (tertiary/aromatic N) is 2. The smallest absolute Gasteiger partial charge is 0.329 e. The minimum Gasteiger partial charge on any atom is -0.464 e. The quantitative estimate of drug-likeness (QED) is 0.731. The van der Waals surface area contributed by atoms with Crippen molar-refractivity contribution >= 4 is 23.6 Å². The van der Waals surface area contributed by atoms with Crippen LogP contribution < -0.4 is 5.73 Å². The lowest BCUT2D eigenvalue weighted by Gasteiger charge is -2.36. The van der Waals surface area contributed by atoms with Crippen LogP contribution in [0.5, 0.6) is 0 Å². The zero-order valence-corrected chi connectivity index (χ0v) is 13.4. The molecule has 2 rings (SSSR count). The number of carbonyl (C=O) groups excluding carboxylic acids is 2. The summed E-state index contributed by atoms with van der Waals surface area (Å²) < 4.78 is 5.09. The standard InChI is InChI=1S/C14H25N3O3S/c1-2-20-14(19)12-10-21-8-7-17(12)13(18)9-16-5-3-11(15)4-6-16/h11-12H,2-10,15H2,1H3. The Morgan fingerprint density at radius 2 is 2.00 bits per heavy atom. The summed E-state index contributed by atoms with van der Waals surface area (Å²) in [5, 5.41) is 0. The maximum Gasteiger partial charge on any atom is 0.329 e. The van der Waals surface area contributed by atoms with Crippen molar-refractivity contribution in [2.24, 2.45) is 5.73 Å². The summed E-state index contributed by atoms with van der Waals surface area (Å²) in [6.45, 7) is 4.87. The third kappa shape index (κ3) is 4.59. The first-order chi connectivity index (χ1) is 10.1. The molecule has 0 aromatic carbocycles. The van der Waals surface area contributed by atoms with Crippen LogP contribution in [0.2, 0.25) is 0 Å². The molecule has 6 nitrogen and oxygen atoms in total. The van der Waals surface area contributed by atoms with Gasteiger partial charge in [-0.3, -0.25) is 9.69 Å². The molecule has 1 amide bonds. The summed E-state index contributed by atoms with van der Waals surface area (Å²) >= 11 is 1.70. The lowest BCUT2D eigenvalue weighted by atomic mass is 10.1. The number of likely N-dealkylation sites (tertiary alicyclic amines) is 1. The number of piperidine rings is 1. The van der Waals surface area contributed by atoms with Crippen molar-refractivity contribution in [3.05, 3.63) is 0 Å². The Balaban J connectivity index is 1.90. The molecule has 2 heterocycles. The van der Waals surface area contributed by atoms with Gasteiger partial charge in [0, 0.05) is 37.2 Å². The number of nitrogens with two attached hydrogens (primary N) is 1. The summed E-state index contributed by atoms with van der Waals surface area (Å²) in [6, 6.07) is -0.168. The van der Waals surface area contributed by atoms with E-state index in [9.17, 15) is 9.59 Å². The third-order valence-electron chi connectivity index (χ3n) is 4.00. The summed E-state index contributed by atoms with van der Waals surface area (Å²) in [5.41, 5.74) is 5.88. The van der Waals surface area contributed by atoms with Crippen molar-refractivity contribution in [2.45, 2.75) is 31.8 Å². The van der Waals surface area contributed by atoms with E-state index in [1.54, 1.807) is 23.6 Å². The molecule has 0 bridgehead atoms. The molecule has 120 valence electrons. The summed E-state index contributed by atoms with van der Waals surface area (Å²) in [4.78, 5) is 28.3. The van der Waals surface area contributed by atoms with Gasteiger partial charge in [0.25, 0.3) is 0 Å². The van der Waals surface area contributed by atoms with Crippen molar-refractivity contribution in [3.8, 4) is 0 Å². The lowest BCUT2D eigenvalue weighted by Crippen LogP contribution is -2.54. The summed E-state index contributed by atoms with van der Waals surface area (Å²) in [7, 11) is 0. The topological polar surface area (TPSA) is 75.9 Å². The molecule has 0 spiro atoms. The average molecular weight is 315 g/mol. The molecule has 1 atom stereocenters. The van der Waals surface area contributed by atoms with Crippen molar-refractivity contribution in [1.82, 2.24) is 9.80 Å². The van der Waals surface area contributed by atoms with Crippen LogP contribution in [0.3, 0.4) is 0 Å². The Kier molecular flexibility index (Phi) is 6.32.